The smallest absolute Gasteiger partial charge is 0.216 e. The highest BCUT2D eigenvalue weighted by Crippen LogP contribution is 2.47. The van der Waals surface area contributed by atoms with Crippen LogP contribution < -0.4 is 71.6 Å². The lowest BCUT2D eigenvalue weighted by atomic mass is 10.0. The monoisotopic (exact) mass is 1920 g/mol. The highest BCUT2D eigenvalue weighted by Gasteiger charge is 2.32. The molecule has 0 amide bonds. The van der Waals surface area contributed by atoms with Gasteiger partial charge in [0, 0.05) is 174 Å². The van der Waals surface area contributed by atoms with E-state index in [2.05, 4.69) is 220 Å². The van der Waals surface area contributed by atoms with Crippen LogP contribution >= 0.6 is 0 Å². The lowest BCUT2D eigenvalue weighted by molar-refractivity contribution is 0.392. The molecule has 5 aliphatic carbocycles. The number of ether oxygens (including phenoxy) is 7. The lowest BCUT2D eigenvalue weighted by Gasteiger charge is -2.17. The van der Waals surface area contributed by atoms with Gasteiger partial charge in [0.15, 0.2) is 75.1 Å². The van der Waals surface area contributed by atoms with Gasteiger partial charge in [-0.05, 0) is 191 Å². The van der Waals surface area contributed by atoms with Crippen molar-refractivity contribution >= 4 is 63.1 Å². The lowest BCUT2D eigenvalue weighted by Crippen LogP contribution is -2.11. The van der Waals surface area contributed by atoms with Crippen molar-refractivity contribution in [1.82, 2.24) is 104 Å². The van der Waals surface area contributed by atoms with Crippen molar-refractivity contribution in [2.24, 2.45) is 5.92 Å². The third kappa shape index (κ3) is 28.4. The van der Waals surface area contributed by atoms with Gasteiger partial charge in [-0.15, -0.1) is 0 Å². The summed E-state index contributed by atoms with van der Waals surface area (Å²) < 4.78 is 43.2. The molecule has 14 aromatic heterocycles. The normalized spacial score (nSPS) is 13.3. The zero-order valence-electron chi connectivity index (χ0n) is 84.3. The predicted molar refractivity (Wildman–Crippen MR) is 554 cm³/mol. The molecule has 5 fully saturated rings. The van der Waals surface area contributed by atoms with Gasteiger partial charge in [0.2, 0.25) is 5.88 Å². The van der Waals surface area contributed by atoms with Gasteiger partial charge in [0.05, 0.1) is 50.5 Å². The Morgan fingerprint density at radius 2 is 0.761 bits per heavy atom. The second-order valence-electron chi connectivity index (χ2n) is 37.0. The Morgan fingerprint density at radius 3 is 1.18 bits per heavy atom. The highest BCUT2D eigenvalue weighted by molar-refractivity contribution is 5.71. The van der Waals surface area contributed by atoms with Crippen LogP contribution in [0.25, 0.3) is 22.4 Å². The number of hydrogen-bond acceptors (Lipinski definition) is 34. The number of aryl methyl sites for hydroxylation is 6. The molecule has 142 heavy (non-hydrogen) atoms. The molecule has 0 saturated heterocycles. The fourth-order valence-corrected chi connectivity index (χ4v) is 14.1. The average Bonchev–Trinajstić information content (AvgIpc) is 1.63. The minimum absolute atomic E-state index is 0.204. The molecule has 0 unspecified atom stereocenters. The summed E-state index contributed by atoms with van der Waals surface area (Å²) in [5.74, 6) is 25.1. The Morgan fingerprint density at radius 1 is 0.394 bits per heavy atom. The van der Waals surface area contributed by atoms with E-state index in [0.29, 0.717) is 169 Å². The van der Waals surface area contributed by atoms with E-state index >= 15 is 0 Å². The quantitative estimate of drug-likeness (QED) is 0.0206. The first-order valence-corrected chi connectivity index (χ1v) is 47.8. The third-order valence-electron chi connectivity index (χ3n) is 22.8. The molecule has 14 aromatic rings. The number of hydrogen-bond donors (Lipinski definition) is 7. The first kappa shape index (κ1) is 102. The molecule has 0 spiro atoms. The van der Waals surface area contributed by atoms with E-state index in [-0.39, 0.29) is 11.7 Å². The fraction of sp³-hybridized carbons (Fsp3) is 0.364. The summed E-state index contributed by atoms with van der Waals surface area (Å²) in [7, 11) is 3.36. The van der Waals surface area contributed by atoms with Crippen LogP contribution in [0.5, 0.6) is 74.9 Å². The molecule has 5 saturated carbocycles. The zero-order chi connectivity index (χ0) is 101. The van der Waals surface area contributed by atoms with Gasteiger partial charge in [0.1, 0.15) is 86.6 Å². The number of nitrogens with one attached hydrogen (secondary N) is 4. The molecule has 35 heteroatoms. The van der Waals surface area contributed by atoms with Crippen LogP contribution in [-0.2, 0) is 0 Å². The molecule has 736 valence electrons. The Kier molecular flexibility index (Phi) is 33.5. The van der Waals surface area contributed by atoms with Gasteiger partial charge >= 0.3 is 0 Å². The van der Waals surface area contributed by atoms with Crippen LogP contribution in [0.3, 0.4) is 0 Å². The van der Waals surface area contributed by atoms with E-state index in [1.165, 1.54) is 51.4 Å². The maximum Gasteiger partial charge on any atom is 0.216 e. The van der Waals surface area contributed by atoms with Gasteiger partial charge in [0.25, 0.3) is 0 Å². The first-order valence-electron chi connectivity index (χ1n) is 47.8. The zero-order valence-corrected chi connectivity index (χ0v) is 84.3. The standard InChI is InChI=1S/C21H19N7O.C20H28N4O.C19H24N4O.C17H20N4O2.C16H18N4O.C14H17N5O/c1-13(2)17-11-24-15(6-7-16-10-25-20-5-4-8-26-28(16)20)9-18(17)29-19-12-23-14(3)27-21(19)22;1-12(2)9-23-20-19(11-21-14(5)24-20)25-18-8-17(15-6-7-15)22-10-16(18)13(3)4;1-11(2)15-9-21-16(13-4-5-13)8-17(15)24-18-10-20-12(3)22-19(18)23-14-6-7-14;1-10(2)13-8-19-16(22-4)7-14(13)23-15-9-18-11(3)20-17(15)21-12-5-6-12;1-9(2)12-7-19-13(11-4-5-11)6-14(12)21-15-8-18-10(3)20-16(15)17;1-8(2)10-6-18-13(16-4)5-11(10)20-12-7-17-9(3)19-14(12)15/h4-5,8-13H,1-3H3,(H2,22,23,27);8,10-13,15H,6-7,9H2,1-5H3,(H,21,23,24);8-11,13-14H,4-7H2,1-3H3,(H,20,22,23);7-9,12H,1,5-6H2,2-4H3,(H,18,20,21);6-8,11H,1,4-5H2,2-3H3,(H2,17,18,20);5-7H,1H2,2-4H3,(H,16,18)(H2,15,17,19). The second-order valence-corrected chi connectivity index (χ2v) is 37.0. The number of nitrogens with two attached hydrogens (primary N) is 3. The molecule has 0 aliphatic heterocycles. The number of imidazole rings is 1. The number of nitrogen functional groups attached to an aromatic ring is 3. The number of pyridine rings is 6. The second kappa shape index (κ2) is 46.6. The number of anilines is 7. The van der Waals surface area contributed by atoms with E-state index < -0.39 is 0 Å². The number of allylic oxidation sites excluding steroid dienone is 3. The maximum absolute atomic E-state index is 6.28. The topological polar surface area (TPSA) is 453 Å². The van der Waals surface area contributed by atoms with Crippen LogP contribution in [0.1, 0.15) is 273 Å². The first-order chi connectivity index (χ1) is 68.2. The molecular weight excluding hydrogens is 1790 g/mol. The van der Waals surface area contributed by atoms with E-state index in [0.717, 1.165) is 127 Å². The molecule has 19 rings (SSSR count). The number of methoxy groups -OCH3 is 1. The SMILES string of the molecule is C=C(C)c1cnc(C2CC2)cc1Oc1cnc(C)nc1N.C=C(C)c1cnc(NC)cc1Oc1cnc(C)nc1N.C=C(C)c1cnc(OC)cc1Oc1cnc(C)nc1NC1CC1.Cc1ncc(Oc2cc(C#Cc3cnc4cccnn34)ncc2C(C)C)c(N)n1.Cc1ncc(Oc2cc(C3CC3)ncc2C(C)C)c(NC2CC2)n1.Cc1ncc(Oc2cc(C3CC3)ncc2C(C)C)c(NCC(C)C)n1. The van der Waals surface area contributed by atoms with Crippen LogP contribution in [0.15, 0.2) is 155 Å². The van der Waals surface area contributed by atoms with Gasteiger partial charge in [-0.2, -0.15) is 5.10 Å². The summed E-state index contributed by atoms with van der Waals surface area (Å²) in [5, 5.41) is 17.4. The Hall–Kier alpha value is -16.0. The van der Waals surface area contributed by atoms with Gasteiger partial charge in [-0.3, -0.25) is 15.0 Å². The molecule has 0 bridgehead atoms. The molecule has 14 heterocycles. The number of rotatable bonds is 30. The van der Waals surface area contributed by atoms with Crippen LogP contribution in [-0.4, -0.2) is 137 Å². The summed E-state index contributed by atoms with van der Waals surface area (Å²) in [4.78, 5) is 82.0. The largest absolute Gasteiger partial charge is 0.481 e. The average molecular weight is 1920 g/mol. The van der Waals surface area contributed by atoms with Gasteiger partial charge < -0.3 is 71.6 Å². The van der Waals surface area contributed by atoms with Gasteiger partial charge in [-0.1, -0.05) is 75.1 Å². The molecule has 0 atom stereocenters. The van der Waals surface area contributed by atoms with E-state index in [9.17, 15) is 0 Å². The Balaban J connectivity index is 0.000000136. The Labute approximate surface area is 829 Å². The Bertz CT molecular complexity index is 6940. The summed E-state index contributed by atoms with van der Waals surface area (Å²) in [6.07, 6.45) is 36.2. The molecule has 35 nitrogen and oxygen atoms in total. The summed E-state index contributed by atoms with van der Waals surface area (Å²) in [6.45, 7) is 46.5. The van der Waals surface area contributed by atoms with E-state index in [1.54, 1.807) is 126 Å². The van der Waals surface area contributed by atoms with Crippen molar-refractivity contribution in [2.75, 3.05) is 59.2 Å². The van der Waals surface area contributed by atoms with Crippen molar-refractivity contribution < 1.29 is 33.2 Å². The molecular formula is C107H126N28O7. The van der Waals surface area contributed by atoms with E-state index in [1.807, 2.05) is 78.3 Å². The number of nitrogens with zero attached hydrogens (tertiary/aromatic N) is 21. The van der Waals surface area contributed by atoms with Gasteiger partial charge in [-0.25, -0.2) is 84.3 Å². The minimum Gasteiger partial charge on any atom is -0.481 e. The van der Waals surface area contributed by atoms with Crippen molar-refractivity contribution in [3.8, 4) is 86.7 Å². The molecule has 10 N–H and O–H groups in total. The van der Waals surface area contributed by atoms with Crippen molar-refractivity contribution in [1.29, 1.82) is 0 Å². The molecule has 5 aliphatic rings. The number of fused-ring (bicyclic) bond motifs is 1. The highest BCUT2D eigenvalue weighted by atomic mass is 16.5. The minimum atomic E-state index is 0.204. The van der Waals surface area contributed by atoms with Crippen molar-refractivity contribution in [2.45, 2.75) is 230 Å². The molecule has 0 aromatic carbocycles. The van der Waals surface area contributed by atoms with Crippen molar-refractivity contribution in [3.05, 3.63) is 252 Å². The fourth-order valence-electron chi connectivity index (χ4n) is 14.1. The van der Waals surface area contributed by atoms with Crippen LogP contribution in [0, 0.1) is 59.3 Å². The maximum atomic E-state index is 6.28. The third-order valence-corrected chi connectivity index (χ3v) is 22.8. The number of aromatic nitrogens is 21. The summed E-state index contributed by atoms with van der Waals surface area (Å²) >= 11 is 0. The van der Waals surface area contributed by atoms with Crippen molar-refractivity contribution in [3.63, 3.8) is 0 Å². The predicted octanol–water partition coefficient (Wildman–Crippen LogP) is 22.4. The van der Waals surface area contributed by atoms with E-state index in [4.69, 9.17) is 50.4 Å². The summed E-state index contributed by atoms with van der Waals surface area (Å²) in [6, 6.07) is 16.2. The summed E-state index contributed by atoms with van der Waals surface area (Å²) in [5.41, 5.74) is 31.3. The van der Waals surface area contributed by atoms with Crippen LogP contribution in [0.2, 0.25) is 0 Å². The molecule has 0 radical (unpaired) electrons. The van der Waals surface area contributed by atoms with Crippen LogP contribution in [0.4, 0.5) is 40.7 Å².